The van der Waals surface area contributed by atoms with Crippen LogP contribution in [-0.2, 0) is 16.6 Å². The van der Waals surface area contributed by atoms with E-state index in [1.807, 2.05) is 6.92 Å². The van der Waals surface area contributed by atoms with E-state index in [-0.39, 0.29) is 12.1 Å². The van der Waals surface area contributed by atoms with Gasteiger partial charge in [0.25, 0.3) is 0 Å². The molecule has 0 aliphatic heterocycles. The number of carbonyl (C=O) groups is 1. The standard InChI is InChI=1S/C17H19NO5S/c1-3-23-16-10-8-15(9-11-16)18(24(2,21)22)12-13-4-6-14(7-5-13)17(19)20/h4-11H,3,12H2,1-2H3,(H,19,20). The minimum Gasteiger partial charge on any atom is -0.494 e. The molecule has 1 N–H and O–H groups in total. The zero-order chi connectivity index (χ0) is 17.7. The monoisotopic (exact) mass is 349 g/mol. The first kappa shape index (κ1) is 17.8. The van der Waals surface area contributed by atoms with Gasteiger partial charge in [-0.2, -0.15) is 0 Å². The van der Waals surface area contributed by atoms with Gasteiger partial charge in [-0.25, -0.2) is 13.2 Å². The number of benzene rings is 2. The first-order valence-electron chi connectivity index (χ1n) is 7.34. The second kappa shape index (κ2) is 7.35. The minimum atomic E-state index is -3.49. The van der Waals surface area contributed by atoms with Gasteiger partial charge in [0.1, 0.15) is 5.75 Å². The van der Waals surface area contributed by atoms with E-state index in [0.29, 0.717) is 23.6 Å². The summed E-state index contributed by atoms with van der Waals surface area (Å²) in [5, 5.41) is 8.92. The molecule has 0 radical (unpaired) electrons. The molecule has 7 heteroatoms. The van der Waals surface area contributed by atoms with Crippen molar-refractivity contribution in [1.29, 1.82) is 0 Å². The van der Waals surface area contributed by atoms with Crippen LogP contribution in [0.1, 0.15) is 22.8 Å². The van der Waals surface area contributed by atoms with Crippen molar-refractivity contribution in [3.05, 3.63) is 59.7 Å². The number of nitrogens with zero attached hydrogens (tertiary/aromatic N) is 1. The van der Waals surface area contributed by atoms with Crippen molar-refractivity contribution in [2.45, 2.75) is 13.5 Å². The fourth-order valence-corrected chi connectivity index (χ4v) is 3.08. The van der Waals surface area contributed by atoms with Gasteiger partial charge in [0.2, 0.25) is 10.0 Å². The maximum absolute atomic E-state index is 12.1. The highest BCUT2D eigenvalue weighted by Gasteiger charge is 2.18. The van der Waals surface area contributed by atoms with E-state index in [4.69, 9.17) is 9.84 Å². The minimum absolute atomic E-state index is 0.118. The third kappa shape index (κ3) is 4.48. The van der Waals surface area contributed by atoms with Crippen LogP contribution in [0.5, 0.6) is 5.75 Å². The normalized spacial score (nSPS) is 11.1. The number of anilines is 1. The Morgan fingerprint density at radius 3 is 2.12 bits per heavy atom. The van der Waals surface area contributed by atoms with Gasteiger partial charge in [-0.15, -0.1) is 0 Å². The lowest BCUT2D eigenvalue weighted by atomic mass is 10.1. The first-order chi connectivity index (χ1) is 11.3. The Kier molecular flexibility index (Phi) is 5.46. The summed E-state index contributed by atoms with van der Waals surface area (Å²) in [5.74, 6) is -0.353. The lowest BCUT2D eigenvalue weighted by Gasteiger charge is -2.23. The Balaban J connectivity index is 2.27. The Hall–Kier alpha value is -2.54. The SMILES string of the molecule is CCOc1ccc(N(Cc2ccc(C(=O)O)cc2)S(C)(=O)=O)cc1. The van der Waals surface area contributed by atoms with Gasteiger partial charge in [0.05, 0.1) is 30.7 Å². The number of hydrogen-bond donors (Lipinski definition) is 1. The number of sulfonamides is 1. The molecule has 0 heterocycles. The zero-order valence-electron chi connectivity index (χ0n) is 13.5. The predicted molar refractivity (Wildman–Crippen MR) is 92.0 cm³/mol. The molecule has 0 amide bonds. The van der Waals surface area contributed by atoms with Gasteiger partial charge < -0.3 is 9.84 Å². The van der Waals surface area contributed by atoms with Crippen LogP contribution in [0.25, 0.3) is 0 Å². The van der Waals surface area contributed by atoms with E-state index in [2.05, 4.69) is 0 Å². The number of carboxylic acid groups (broad SMARTS) is 1. The van der Waals surface area contributed by atoms with E-state index in [1.165, 1.54) is 16.4 Å². The summed E-state index contributed by atoms with van der Waals surface area (Å²) >= 11 is 0. The van der Waals surface area contributed by atoms with Crippen LogP contribution in [0.2, 0.25) is 0 Å². The first-order valence-corrected chi connectivity index (χ1v) is 9.19. The van der Waals surface area contributed by atoms with Crippen LogP contribution < -0.4 is 9.04 Å². The predicted octanol–water partition coefficient (Wildman–Crippen LogP) is 2.75. The molecule has 0 aliphatic rings. The van der Waals surface area contributed by atoms with Crippen LogP contribution in [0.15, 0.2) is 48.5 Å². The molecule has 0 fully saturated rings. The van der Waals surface area contributed by atoms with Crippen molar-refractivity contribution >= 4 is 21.7 Å². The fraction of sp³-hybridized carbons (Fsp3) is 0.235. The van der Waals surface area contributed by atoms with Gasteiger partial charge >= 0.3 is 5.97 Å². The number of hydrogen-bond acceptors (Lipinski definition) is 4. The molecule has 2 aromatic carbocycles. The molecular weight excluding hydrogens is 330 g/mol. The average molecular weight is 349 g/mol. The number of carboxylic acids is 1. The quantitative estimate of drug-likeness (QED) is 0.831. The number of aromatic carboxylic acids is 1. The second-order valence-electron chi connectivity index (χ2n) is 5.20. The summed E-state index contributed by atoms with van der Waals surface area (Å²) in [7, 11) is -3.49. The molecule has 0 unspecified atom stereocenters. The smallest absolute Gasteiger partial charge is 0.335 e. The summed E-state index contributed by atoms with van der Waals surface area (Å²) in [6, 6.07) is 12.9. The molecule has 0 aliphatic carbocycles. The molecule has 2 aromatic rings. The van der Waals surface area contributed by atoms with E-state index < -0.39 is 16.0 Å². The largest absolute Gasteiger partial charge is 0.494 e. The molecule has 0 saturated heterocycles. The summed E-state index contributed by atoms with van der Waals surface area (Å²) in [5.41, 5.74) is 1.37. The van der Waals surface area contributed by atoms with Crippen LogP contribution in [0, 0.1) is 0 Å². The van der Waals surface area contributed by atoms with Gasteiger partial charge in [-0.3, -0.25) is 4.31 Å². The Morgan fingerprint density at radius 1 is 1.08 bits per heavy atom. The lowest BCUT2D eigenvalue weighted by Crippen LogP contribution is -2.29. The van der Waals surface area contributed by atoms with E-state index in [1.54, 1.807) is 36.4 Å². The molecule has 0 saturated carbocycles. The fourth-order valence-electron chi connectivity index (χ4n) is 2.19. The number of rotatable bonds is 7. The molecule has 24 heavy (non-hydrogen) atoms. The van der Waals surface area contributed by atoms with Crippen molar-refractivity contribution in [1.82, 2.24) is 0 Å². The lowest BCUT2D eigenvalue weighted by molar-refractivity contribution is 0.0697. The molecule has 0 bridgehead atoms. The maximum atomic E-state index is 12.1. The summed E-state index contributed by atoms with van der Waals surface area (Å²) < 4.78 is 30.9. The highest BCUT2D eigenvalue weighted by atomic mass is 32.2. The summed E-state index contributed by atoms with van der Waals surface area (Å²) in [6.45, 7) is 2.52. The molecule has 0 atom stereocenters. The van der Waals surface area contributed by atoms with Crippen LogP contribution >= 0.6 is 0 Å². The highest BCUT2D eigenvalue weighted by Crippen LogP contribution is 2.23. The molecule has 2 rings (SSSR count). The third-order valence-corrected chi connectivity index (χ3v) is 4.50. The molecule has 6 nitrogen and oxygen atoms in total. The van der Waals surface area contributed by atoms with Gasteiger partial charge in [-0.05, 0) is 48.9 Å². The Morgan fingerprint density at radius 2 is 1.67 bits per heavy atom. The molecule has 128 valence electrons. The van der Waals surface area contributed by atoms with Crippen molar-refractivity contribution in [2.24, 2.45) is 0 Å². The zero-order valence-corrected chi connectivity index (χ0v) is 14.3. The summed E-state index contributed by atoms with van der Waals surface area (Å²) in [6.07, 6.45) is 1.13. The van der Waals surface area contributed by atoms with Crippen molar-refractivity contribution < 1.29 is 23.1 Å². The van der Waals surface area contributed by atoms with Crippen molar-refractivity contribution in [2.75, 3.05) is 17.2 Å². The van der Waals surface area contributed by atoms with Gasteiger partial charge in [-0.1, -0.05) is 12.1 Å². The maximum Gasteiger partial charge on any atom is 0.335 e. The van der Waals surface area contributed by atoms with E-state index in [0.717, 1.165) is 6.26 Å². The van der Waals surface area contributed by atoms with Crippen molar-refractivity contribution in [3.8, 4) is 5.75 Å². The molecular formula is C17H19NO5S. The number of ether oxygens (including phenoxy) is 1. The Labute approximate surface area is 141 Å². The topological polar surface area (TPSA) is 83.9 Å². The van der Waals surface area contributed by atoms with Gasteiger partial charge in [0.15, 0.2) is 0 Å². The van der Waals surface area contributed by atoms with Gasteiger partial charge in [0, 0.05) is 0 Å². The third-order valence-electron chi connectivity index (χ3n) is 3.36. The second-order valence-corrected chi connectivity index (χ2v) is 7.11. The van der Waals surface area contributed by atoms with Crippen molar-refractivity contribution in [3.63, 3.8) is 0 Å². The molecule has 0 spiro atoms. The van der Waals surface area contributed by atoms with E-state index in [9.17, 15) is 13.2 Å². The highest BCUT2D eigenvalue weighted by molar-refractivity contribution is 7.92. The van der Waals surface area contributed by atoms with E-state index >= 15 is 0 Å². The summed E-state index contributed by atoms with van der Waals surface area (Å²) in [4.78, 5) is 10.9. The average Bonchev–Trinajstić information content (AvgIpc) is 2.53. The van der Waals surface area contributed by atoms with Crippen LogP contribution in [0.4, 0.5) is 5.69 Å². The molecule has 0 aromatic heterocycles. The van der Waals surface area contributed by atoms with Crippen LogP contribution in [-0.4, -0.2) is 32.4 Å². The Bertz CT molecular complexity index is 798. The van der Waals surface area contributed by atoms with Crippen LogP contribution in [0.3, 0.4) is 0 Å².